The van der Waals surface area contributed by atoms with Gasteiger partial charge in [0.15, 0.2) is 8.32 Å². The maximum absolute atomic E-state index is 13.0. The molecule has 0 unspecified atom stereocenters. The fourth-order valence-corrected chi connectivity index (χ4v) is 4.95. The van der Waals surface area contributed by atoms with Crippen LogP contribution in [0.4, 0.5) is 4.39 Å². The minimum Gasteiger partial charge on any atom is -0.412 e. The molecule has 0 bridgehead atoms. The number of rotatable bonds is 4. The van der Waals surface area contributed by atoms with Gasteiger partial charge in [-0.15, -0.1) is 11.8 Å². The Morgan fingerprint density at radius 2 is 1.74 bits per heavy atom. The summed E-state index contributed by atoms with van der Waals surface area (Å²) in [7, 11) is -1.89. The maximum atomic E-state index is 13.0. The van der Waals surface area contributed by atoms with Crippen LogP contribution in [0.2, 0.25) is 18.1 Å². The second-order valence-electron chi connectivity index (χ2n) is 7.47. The van der Waals surface area contributed by atoms with E-state index in [2.05, 4.69) is 33.9 Å². The van der Waals surface area contributed by atoms with E-state index < -0.39 is 8.32 Å². The van der Waals surface area contributed by atoms with Crippen molar-refractivity contribution < 1.29 is 13.6 Å². The van der Waals surface area contributed by atoms with Crippen molar-refractivity contribution in [2.75, 3.05) is 0 Å². The average molecular weight is 357 g/mol. The first-order valence-electron chi connectivity index (χ1n) is 7.70. The second kappa shape index (κ2) is 7.49. The second-order valence-corrected chi connectivity index (χ2v) is 13.5. The van der Waals surface area contributed by atoms with Gasteiger partial charge < -0.3 is 4.43 Å². The van der Waals surface area contributed by atoms with Crippen LogP contribution in [-0.4, -0.2) is 25.5 Å². The van der Waals surface area contributed by atoms with E-state index in [1.54, 1.807) is 23.9 Å². The van der Waals surface area contributed by atoms with E-state index in [1.165, 1.54) is 12.1 Å². The van der Waals surface area contributed by atoms with Crippen LogP contribution in [0.5, 0.6) is 0 Å². The van der Waals surface area contributed by atoms with Crippen LogP contribution in [0.25, 0.3) is 0 Å². The summed E-state index contributed by atoms with van der Waals surface area (Å²) in [5, 5.41) is 0.260. The Kier molecular flexibility index (Phi) is 6.64. The molecule has 1 fully saturated rings. The third kappa shape index (κ3) is 5.16. The normalized spacial score (nSPS) is 22.1. The number of carbonyl (C=O) groups excluding carboxylic acids is 1. The summed E-state index contributed by atoms with van der Waals surface area (Å²) in [5.74, 6) is 0.0317. The van der Waals surface area contributed by atoms with E-state index in [4.69, 9.17) is 4.43 Å². The zero-order chi connectivity index (χ0) is 16.5. The molecule has 1 aliphatic carbocycles. The lowest BCUT2D eigenvalue weighted by atomic mass is 10.2. The van der Waals surface area contributed by atoms with E-state index in [-0.39, 0.29) is 35.4 Å². The molecule has 2 rings (SSSR count). The molecular formula is C18H29FO2SSi. The molecule has 1 saturated carbocycles. The number of Topliss-reactive ketones (excluding diaryl/α,β-unsaturated/α-hetero) is 1. The Labute approximate surface area is 145 Å². The number of thioether (sulfide) groups is 1. The lowest BCUT2D eigenvalue weighted by molar-refractivity contribution is -0.117. The lowest BCUT2D eigenvalue weighted by Gasteiger charge is -2.39. The number of hydrogen-bond acceptors (Lipinski definition) is 3. The highest BCUT2D eigenvalue weighted by Gasteiger charge is 2.43. The van der Waals surface area contributed by atoms with Crippen molar-refractivity contribution in [2.45, 2.75) is 75.4 Å². The number of hydrogen-bond donors (Lipinski definition) is 0. The summed E-state index contributed by atoms with van der Waals surface area (Å²) in [6.07, 6.45) is 1.02. The van der Waals surface area contributed by atoms with Gasteiger partial charge in [-0.3, -0.25) is 4.79 Å². The van der Waals surface area contributed by atoms with Gasteiger partial charge >= 0.3 is 0 Å². The Hall–Kier alpha value is -0.653. The fraction of sp³-hybridized carbons (Fsp3) is 0.611. The van der Waals surface area contributed by atoms with Crippen LogP contribution in [0.1, 0.15) is 41.0 Å². The molecule has 0 heterocycles. The summed E-state index contributed by atoms with van der Waals surface area (Å²) < 4.78 is 19.5. The van der Waals surface area contributed by atoms with Crippen molar-refractivity contribution in [1.29, 1.82) is 0 Å². The summed E-state index contributed by atoms with van der Waals surface area (Å²) >= 11 is 1.63. The van der Waals surface area contributed by atoms with Gasteiger partial charge in [0.05, 0.1) is 6.10 Å². The van der Waals surface area contributed by atoms with Gasteiger partial charge in [-0.1, -0.05) is 28.2 Å². The Morgan fingerprint density at radius 1 is 1.17 bits per heavy atom. The van der Waals surface area contributed by atoms with Crippen LogP contribution in [0.15, 0.2) is 29.2 Å². The summed E-state index contributed by atoms with van der Waals surface area (Å²) in [6, 6.07) is 6.46. The van der Waals surface area contributed by atoms with Gasteiger partial charge in [0.1, 0.15) is 11.6 Å². The molecule has 0 aliphatic heterocycles. The van der Waals surface area contributed by atoms with Crippen LogP contribution in [-0.2, 0) is 9.22 Å². The molecule has 5 heteroatoms. The highest BCUT2D eigenvalue weighted by molar-refractivity contribution is 8.00. The maximum Gasteiger partial charge on any atom is 0.192 e. The number of carbonyl (C=O) groups is 1. The summed E-state index contributed by atoms with van der Waals surface area (Å²) in [6.45, 7) is 11.1. The molecule has 0 saturated heterocycles. The first-order chi connectivity index (χ1) is 10.1. The van der Waals surface area contributed by atoms with E-state index in [1.807, 2.05) is 0 Å². The molecule has 1 aromatic carbocycles. The van der Waals surface area contributed by atoms with Crippen molar-refractivity contribution in [3.05, 3.63) is 30.1 Å². The van der Waals surface area contributed by atoms with E-state index >= 15 is 0 Å². The van der Waals surface area contributed by atoms with Crippen molar-refractivity contribution in [1.82, 2.24) is 0 Å². The van der Waals surface area contributed by atoms with Crippen molar-refractivity contribution >= 4 is 25.9 Å². The Bertz CT molecular complexity index is 537. The van der Waals surface area contributed by atoms with Crippen LogP contribution in [0, 0.1) is 5.82 Å². The predicted molar refractivity (Wildman–Crippen MR) is 99.1 cm³/mol. The first-order valence-corrected chi connectivity index (χ1v) is 11.5. The predicted octanol–water partition coefficient (Wildman–Crippen LogP) is 5.68. The molecule has 1 aliphatic rings. The molecule has 23 heavy (non-hydrogen) atoms. The summed E-state index contributed by atoms with van der Waals surface area (Å²) in [4.78, 5) is 12.9. The lowest BCUT2D eigenvalue weighted by Crippen LogP contribution is -2.45. The quantitative estimate of drug-likeness (QED) is 0.650. The summed E-state index contributed by atoms with van der Waals surface area (Å²) in [5.41, 5.74) is 0. The van der Waals surface area contributed by atoms with Crippen molar-refractivity contribution in [3.63, 3.8) is 0 Å². The van der Waals surface area contributed by atoms with Gasteiger partial charge in [-0.25, -0.2) is 4.39 Å². The van der Waals surface area contributed by atoms with Gasteiger partial charge in [-0.05, 0) is 42.4 Å². The molecule has 130 valence electrons. The minimum absolute atomic E-state index is 0. The molecule has 2 nitrogen and oxygen atoms in total. The third-order valence-corrected chi connectivity index (χ3v) is 10.4. The molecule has 0 N–H and O–H groups in total. The van der Waals surface area contributed by atoms with Gasteiger partial charge in [-0.2, -0.15) is 0 Å². The van der Waals surface area contributed by atoms with E-state index in [9.17, 15) is 9.18 Å². The monoisotopic (exact) mass is 356 g/mol. The average Bonchev–Trinajstić information content (AvgIpc) is 2.70. The number of benzene rings is 1. The fourth-order valence-electron chi connectivity index (χ4n) is 2.27. The Balaban J connectivity index is 0.00000264. The smallest absolute Gasteiger partial charge is 0.192 e. The van der Waals surface area contributed by atoms with Gasteiger partial charge in [0, 0.05) is 23.0 Å². The van der Waals surface area contributed by atoms with Crippen LogP contribution < -0.4 is 0 Å². The molecule has 2 atom stereocenters. The van der Waals surface area contributed by atoms with Crippen LogP contribution in [0.3, 0.4) is 0 Å². The minimum atomic E-state index is -1.89. The van der Waals surface area contributed by atoms with Gasteiger partial charge in [0.25, 0.3) is 0 Å². The third-order valence-electron chi connectivity index (χ3n) is 4.63. The topological polar surface area (TPSA) is 26.3 Å². The number of halogens is 1. The van der Waals surface area contributed by atoms with Crippen LogP contribution >= 0.6 is 11.8 Å². The molecule has 1 aromatic rings. The molecular weight excluding hydrogens is 327 g/mol. The SMILES string of the molecule is C.CC(C)(C)[Si](C)(C)O[C@H]1CC(=O)C[C@@H]1Sc1ccc(F)cc1. The van der Waals surface area contributed by atoms with Gasteiger partial charge in [0.2, 0.25) is 0 Å². The first kappa shape index (κ1) is 20.4. The van der Waals surface area contributed by atoms with E-state index in [0.29, 0.717) is 12.8 Å². The van der Waals surface area contributed by atoms with E-state index in [0.717, 1.165) is 4.90 Å². The molecule has 0 radical (unpaired) electrons. The molecule has 0 aromatic heterocycles. The number of ketones is 1. The highest BCUT2D eigenvalue weighted by Crippen LogP contribution is 2.42. The zero-order valence-electron chi connectivity index (χ0n) is 14.0. The highest BCUT2D eigenvalue weighted by atomic mass is 32.2. The molecule has 0 spiro atoms. The zero-order valence-corrected chi connectivity index (χ0v) is 15.8. The van der Waals surface area contributed by atoms with Crippen molar-refractivity contribution in [2.24, 2.45) is 0 Å². The largest absolute Gasteiger partial charge is 0.412 e. The standard InChI is InChI=1S/C17H25FO2SSi.CH4/c1-17(2,3)22(4,5)20-15-10-13(19)11-16(15)21-14-8-6-12(18)7-9-14;/h6-9,15-16H,10-11H2,1-5H3;1H4/t15-,16-;/m0./s1. The molecule has 0 amide bonds. The Morgan fingerprint density at radius 3 is 2.26 bits per heavy atom. The van der Waals surface area contributed by atoms with Crippen molar-refractivity contribution in [3.8, 4) is 0 Å².